The molecule has 4 heterocycles. The number of pyridine rings is 1. The van der Waals surface area contributed by atoms with E-state index in [9.17, 15) is 0 Å². The summed E-state index contributed by atoms with van der Waals surface area (Å²) >= 11 is 1.65. The number of aryl methyl sites for hydroxylation is 3. The van der Waals surface area contributed by atoms with Crippen molar-refractivity contribution in [2.75, 3.05) is 63.2 Å². The van der Waals surface area contributed by atoms with Gasteiger partial charge in [-0.3, -0.25) is 0 Å². The van der Waals surface area contributed by atoms with Crippen molar-refractivity contribution in [3.8, 4) is 22.4 Å². The summed E-state index contributed by atoms with van der Waals surface area (Å²) in [5.74, 6) is 1.91. The van der Waals surface area contributed by atoms with Crippen molar-refractivity contribution < 1.29 is 4.74 Å². The highest BCUT2D eigenvalue weighted by Crippen LogP contribution is 2.33. The molecule has 5 rings (SSSR count). The minimum Gasteiger partial charge on any atom is -0.383 e. The molecule has 5 aromatic rings. The topological polar surface area (TPSA) is 74.9 Å². The van der Waals surface area contributed by atoms with Gasteiger partial charge >= 0.3 is 0 Å². The van der Waals surface area contributed by atoms with Crippen LogP contribution in [0.5, 0.6) is 0 Å². The van der Waals surface area contributed by atoms with E-state index in [1.165, 1.54) is 5.56 Å². The van der Waals surface area contributed by atoms with Gasteiger partial charge < -0.3 is 19.4 Å². The lowest BCUT2D eigenvalue weighted by Gasteiger charge is -2.25. The zero-order valence-electron chi connectivity index (χ0n) is 25.1. The Morgan fingerprint density at radius 3 is 2.34 bits per heavy atom. The van der Waals surface area contributed by atoms with Crippen molar-refractivity contribution in [2.24, 2.45) is 0 Å². The van der Waals surface area contributed by atoms with Gasteiger partial charge in [0.15, 0.2) is 10.8 Å². The molecule has 0 aliphatic carbocycles. The van der Waals surface area contributed by atoms with Crippen molar-refractivity contribution in [1.82, 2.24) is 24.6 Å². The maximum atomic E-state index is 5.51. The van der Waals surface area contributed by atoms with Gasteiger partial charge in [0.1, 0.15) is 11.6 Å². The summed E-state index contributed by atoms with van der Waals surface area (Å²) in [5, 5.41) is 8.10. The Bertz CT molecular complexity index is 1660. The second-order valence-electron chi connectivity index (χ2n) is 10.7. The number of rotatable bonds is 10. The van der Waals surface area contributed by atoms with Crippen LogP contribution in [0.15, 0.2) is 48.0 Å². The molecule has 214 valence electrons. The van der Waals surface area contributed by atoms with Crippen LogP contribution in [0.25, 0.3) is 28.0 Å². The molecule has 10 heteroatoms. The summed E-state index contributed by atoms with van der Waals surface area (Å²) in [5.41, 5.74) is 9.19. The third-order valence-electron chi connectivity index (χ3n) is 7.08. The number of aromatic nitrogens is 5. The lowest BCUT2D eigenvalue weighted by Crippen LogP contribution is -2.29. The molecule has 0 N–H and O–H groups in total. The first-order valence-electron chi connectivity index (χ1n) is 13.6. The van der Waals surface area contributed by atoms with Crippen LogP contribution in [0, 0.1) is 20.8 Å². The summed E-state index contributed by atoms with van der Waals surface area (Å²) in [7, 11) is 9.77. The van der Waals surface area contributed by atoms with Gasteiger partial charge in [-0.1, -0.05) is 24.3 Å². The van der Waals surface area contributed by atoms with E-state index in [2.05, 4.69) is 58.6 Å². The monoisotopic (exact) mass is 570 g/mol. The van der Waals surface area contributed by atoms with E-state index < -0.39 is 0 Å². The highest BCUT2D eigenvalue weighted by Gasteiger charge is 2.21. The molecule has 0 unspecified atom stereocenters. The van der Waals surface area contributed by atoms with Crippen molar-refractivity contribution in [3.63, 3.8) is 0 Å². The van der Waals surface area contributed by atoms with E-state index in [4.69, 9.17) is 19.8 Å². The molecule has 0 amide bonds. The lowest BCUT2D eigenvalue weighted by atomic mass is 10.0. The molecule has 0 aliphatic rings. The van der Waals surface area contributed by atoms with Gasteiger partial charge in [0.25, 0.3) is 0 Å². The van der Waals surface area contributed by atoms with Crippen LogP contribution >= 0.6 is 11.3 Å². The summed E-state index contributed by atoms with van der Waals surface area (Å²) in [6, 6.07) is 12.9. The average Bonchev–Trinajstić information content (AvgIpc) is 3.56. The molecule has 0 fully saturated rings. The zero-order chi connectivity index (χ0) is 29.3. The summed E-state index contributed by atoms with van der Waals surface area (Å²) in [6.45, 7) is 8.20. The molecular formula is C31H38N8OS. The Morgan fingerprint density at radius 2 is 1.71 bits per heavy atom. The van der Waals surface area contributed by atoms with Crippen LogP contribution in [-0.4, -0.2) is 73.0 Å². The Morgan fingerprint density at radius 1 is 0.951 bits per heavy atom. The predicted molar refractivity (Wildman–Crippen MR) is 170 cm³/mol. The highest BCUT2D eigenvalue weighted by atomic mass is 32.1. The van der Waals surface area contributed by atoms with Gasteiger partial charge in [-0.05, 0) is 38.0 Å². The second kappa shape index (κ2) is 11.8. The first-order chi connectivity index (χ1) is 19.7. The molecule has 9 nitrogen and oxygen atoms in total. The van der Waals surface area contributed by atoms with Gasteiger partial charge in [-0.25, -0.2) is 15.0 Å². The first kappa shape index (κ1) is 28.5. The van der Waals surface area contributed by atoms with Crippen LogP contribution in [0.4, 0.5) is 16.8 Å². The van der Waals surface area contributed by atoms with Crippen LogP contribution in [0.1, 0.15) is 22.5 Å². The number of benzene rings is 1. The molecular weight excluding hydrogens is 532 g/mol. The number of ether oxygens (including phenoxy) is 1. The summed E-state index contributed by atoms with van der Waals surface area (Å²) < 4.78 is 7.48. The molecule has 0 atom stereocenters. The quantitative estimate of drug-likeness (QED) is 0.214. The number of anilines is 3. The number of methoxy groups -OCH3 is 1. The van der Waals surface area contributed by atoms with Gasteiger partial charge in [0.2, 0.25) is 0 Å². The predicted octanol–water partition coefficient (Wildman–Crippen LogP) is 5.63. The molecule has 0 spiro atoms. The van der Waals surface area contributed by atoms with Crippen molar-refractivity contribution in [1.29, 1.82) is 0 Å². The molecule has 4 aromatic heterocycles. The number of thiazole rings is 1. The molecule has 0 aliphatic heterocycles. The smallest absolute Gasteiger partial charge is 0.185 e. The van der Waals surface area contributed by atoms with Gasteiger partial charge in [-0.2, -0.15) is 9.61 Å². The number of hydrogen-bond donors (Lipinski definition) is 0. The summed E-state index contributed by atoms with van der Waals surface area (Å²) in [4.78, 5) is 20.7. The standard InChI is InChI=1S/C31H38N8OS/c1-20-15-27(36(4)5)32-17-25(20)29-22(3)35-39-28(16-21(2)33-30(29)39)38(13-14-40-8)18-23-9-11-24(12-10-23)26-19-41-31(34-26)37(6)7/h9-12,15-17,19H,13-14,18H2,1-8H3. The summed E-state index contributed by atoms with van der Waals surface area (Å²) in [6.07, 6.45) is 1.94. The minimum absolute atomic E-state index is 0.592. The van der Waals surface area contributed by atoms with E-state index in [0.717, 1.165) is 61.8 Å². The molecule has 0 saturated heterocycles. The van der Waals surface area contributed by atoms with Crippen molar-refractivity contribution in [3.05, 3.63) is 70.5 Å². The van der Waals surface area contributed by atoms with E-state index in [-0.39, 0.29) is 0 Å². The van der Waals surface area contributed by atoms with E-state index in [1.54, 1.807) is 18.4 Å². The first-order valence-corrected chi connectivity index (χ1v) is 14.5. The fraction of sp³-hybridized carbons (Fsp3) is 0.355. The Hall–Kier alpha value is -4.02. The number of hydrogen-bond acceptors (Lipinski definition) is 9. The highest BCUT2D eigenvalue weighted by molar-refractivity contribution is 7.14. The van der Waals surface area contributed by atoms with E-state index in [1.807, 2.05) is 62.6 Å². The Balaban J connectivity index is 1.51. The average molecular weight is 571 g/mol. The normalized spacial score (nSPS) is 11.3. The van der Waals surface area contributed by atoms with Crippen molar-refractivity contribution in [2.45, 2.75) is 27.3 Å². The van der Waals surface area contributed by atoms with Crippen LogP contribution in [-0.2, 0) is 11.3 Å². The maximum Gasteiger partial charge on any atom is 0.185 e. The molecule has 1 aromatic carbocycles. The third kappa shape index (κ3) is 5.89. The SMILES string of the molecule is COCCN(Cc1ccc(-c2csc(N(C)C)n2)cc1)c1cc(C)nc2c(-c3cnc(N(C)C)cc3C)c(C)nn12. The van der Waals surface area contributed by atoms with Crippen LogP contribution in [0.3, 0.4) is 0 Å². The largest absolute Gasteiger partial charge is 0.383 e. The van der Waals surface area contributed by atoms with Gasteiger partial charge in [0, 0.05) is 82.9 Å². The van der Waals surface area contributed by atoms with Crippen LogP contribution in [0.2, 0.25) is 0 Å². The molecule has 0 saturated carbocycles. The fourth-order valence-corrected chi connectivity index (χ4v) is 5.66. The molecule has 0 radical (unpaired) electrons. The van der Waals surface area contributed by atoms with Crippen molar-refractivity contribution >= 4 is 33.8 Å². The fourth-order valence-electron chi connectivity index (χ4n) is 4.89. The lowest BCUT2D eigenvalue weighted by molar-refractivity contribution is 0.204. The molecule has 41 heavy (non-hydrogen) atoms. The third-order valence-corrected chi connectivity index (χ3v) is 8.09. The van der Waals surface area contributed by atoms with E-state index in [0.29, 0.717) is 19.7 Å². The molecule has 0 bridgehead atoms. The number of nitrogens with zero attached hydrogens (tertiary/aromatic N) is 8. The minimum atomic E-state index is 0.592. The van der Waals surface area contributed by atoms with Gasteiger partial charge in [0.05, 0.1) is 23.6 Å². The van der Waals surface area contributed by atoms with E-state index >= 15 is 0 Å². The Labute approximate surface area is 246 Å². The van der Waals surface area contributed by atoms with Gasteiger partial charge in [-0.15, -0.1) is 11.3 Å². The Kier molecular flexibility index (Phi) is 8.23. The zero-order valence-corrected chi connectivity index (χ0v) is 26.0. The van der Waals surface area contributed by atoms with Crippen LogP contribution < -0.4 is 14.7 Å². The number of fused-ring (bicyclic) bond motifs is 1. The second-order valence-corrected chi connectivity index (χ2v) is 11.6. The maximum absolute atomic E-state index is 5.51.